The van der Waals surface area contributed by atoms with Gasteiger partial charge in [0.15, 0.2) is 0 Å². The van der Waals surface area contributed by atoms with E-state index in [0.717, 1.165) is 5.56 Å². The molecule has 0 fully saturated rings. The van der Waals surface area contributed by atoms with Crippen LogP contribution in [0.4, 0.5) is 4.79 Å². The van der Waals surface area contributed by atoms with Crippen molar-refractivity contribution in [3.05, 3.63) is 47.2 Å². The van der Waals surface area contributed by atoms with Crippen molar-refractivity contribution < 1.29 is 14.3 Å². The third-order valence-electron chi connectivity index (χ3n) is 3.14. The Kier molecular flexibility index (Phi) is 4.40. The van der Waals surface area contributed by atoms with E-state index in [2.05, 4.69) is 10.6 Å². The van der Waals surface area contributed by atoms with E-state index >= 15 is 0 Å². The lowest BCUT2D eigenvalue weighted by atomic mass is 9.96. The number of urea groups is 1. The molecule has 5 nitrogen and oxygen atoms in total. The third-order valence-corrected chi connectivity index (χ3v) is 3.14. The fraction of sp³-hybridized carbons (Fsp3) is 0.333. The van der Waals surface area contributed by atoms with Crippen molar-refractivity contribution >= 4 is 12.0 Å². The topological polar surface area (TPSA) is 67.4 Å². The molecule has 0 saturated heterocycles. The molecule has 1 atom stereocenters. The molecule has 2 N–H and O–H groups in total. The van der Waals surface area contributed by atoms with Crippen LogP contribution in [-0.4, -0.2) is 24.6 Å². The first-order valence-corrected chi connectivity index (χ1v) is 6.61. The molecular formula is C15H18N2O3. The molecule has 1 aliphatic heterocycles. The standard InChI is InChI=1S/C15H18N2O3/c1-3-20-14(18)13-10(2)16-15(19)17-12(13)9-11-7-5-4-6-8-11/h4-8,12H,3,9H2,1-2H3,(H2,16,17,19). The van der Waals surface area contributed by atoms with E-state index in [0.29, 0.717) is 24.3 Å². The summed E-state index contributed by atoms with van der Waals surface area (Å²) in [4.78, 5) is 23.6. The Hall–Kier alpha value is -2.30. The molecule has 1 aromatic carbocycles. The molecule has 2 amide bonds. The van der Waals surface area contributed by atoms with E-state index in [1.165, 1.54) is 0 Å². The second kappa shape index (κ2) is 6.23. The first-order chi connectivity index (χ1) is 9.61. The summed E-state index contributed by atoms with van der Waals surface area (Å²) >= 11 is 0. The van der Waals surface area contributed by atoms with Crippen molar-refractivity contribution in [1.82, 2.24) is 10.6 Å². The van der Waals surface area contributed by atoms with E-state index in [1.807, 2.05) is 30.3 Å². The van der Waals surface area contributed by atoms with Crippen LogP contribution in [0, 0.1) is 0 Å². The molecule has 0 saturated carbocycles. The van der Waals surface area contributed by atoms with Crippen molar-refractivity contribution in [1.29, 1.82) is 0 Å². The maximum absolute atomic E-state index is 12.0. The molecule has 0 bridgehead atoms. The van der Waals surface area contributed by atoms with E-state index in [4.69, 9.17) is 4.74 Å². The normalized spacial score (nSPS) is 18.3. The highest BCUT2D eigenvalue weighted by atomic mass is 16.5. The van der Waals surface area contributed by atoms with Gasteiger partial charge in [0.25, 0.3) is 0 Å². The number of allylic oxidation sites excluding steroid dienone is 1. The Morgan fingerprint density at radius 2 is 2.00 bits per heavy atom. The van der Waals surface area contributed by atoms with Crippen LogP contribution in [-0.2, 0) is 16.0 Å². The fourth-order valence-corrected chi connectivity index (χ4v) is 2.27. The summed E-state index contributed by atoms with van der Waals surface area (Å²) in [7, 11) is 0. The number of benzene rings is 1. The smallest absolute Gasteiger partial charge is 0.337 e. The minimum absolute atomic E-state index is 0.295. The zero-order valence-corrected chi connectivity index (χ0v) is 11.6. The van der Waals surface area contributed by atoms with Crippen LogP contribution in [0.2, 0.25) is 0 Å². The maximum atomic E-state index is 12.0. The average Bonchev–Trinajstić information content (AvgIpc) is 2.39. The number of hydrogen-bond donors (Lipinski definition) is 2. The van der Waals surface area contributed by atoms with Crippen molar-refractivity contribution in [3.8, 4) is 0 Å². The Morgan fingerprint density at radius 3 is 2.65 bits per heavy atom. The number of carbonyl (C=O) groups is 2. The van der Waals surface area contributed by atoms with Crippen molar-refractivity contribution in [2.75, 3.05) is 6.61 Å². The lowest BCUT2D eigenvalue weighted by molar-refractivity contribution is -0.139. The van der Waals surface area contributed by atoms with Gasteiger partial charge in [0.1, 0.15) is 0 Å². The lowest BCUT2D eigenvalue weighted by Crippen LogP contribution is -2.50. The van der Waals surface area contributed by atoms with Gasteiger partial charge in [-0.05, 0) is 25.8 Å². The van der Waals surface area contributed by atoms with Gasteiger partial charge in [0, 0.05) is 5.70 Å². The number of rotatable bonds is 4. The van der Waals surface area contributed by atoms with Gasteiger partial charge >= 0.3 is 12.0 Å². The quantitative estimate of drug-likeness (QED) is 0.822. The Labute approximate surface area is 118 Å². The first-order valence-electron chi connectivity index (χ1n) is 6.61. The molecule has 1 unspecified atom stereocenters. The number of carbonyl (C=O) groups excluding carboxylic acids is 2. The highest BCUT2D eigenvalue weighted by Crippen LogP contribution is 2.18. The summed E-state index contributed by atoms with van der Waals surface area (Å²) < 4.78 is 5.07. The molecule has 0 aliphatic carbocycles. The van der Waals surface area contributed by atoms with Gasteiger partial charge in [-0.3, -0.25) is 0 Å². The summed E-state index contributed by atoms with van der Waals surface area (Å²) in [6.07, 6.45) is 0.555. The monoisotopic (exact) mass is 274 g/mol. The minimum Gasteiger partial charge on any atom is -0.463 e. The summed E-state index contributed by atoms with van der Waals surface area (Å²) in [5.74, 6) is -0.390. The lowest BCUT2D eigenvalue weighted by Gasteiger charge is -2.27. The fourth-order valence-electron chi connectivity index (χ4n) is 2.27. The second-order valence-corrected chi connectivity index (χ2v) is 4.60. The molecular weight excluding hydrogens is 256 g/mol. The summed E-state index contributed by atoms with van der Waals surface area (Å²) in [6.45, 7) is 3.78. The van der Waals surface area contributed by atoms with Crippen LogP contribution in [0.1, 0.15) is 19.4 Å². The van der Waals surface area contributed by atoms with Gasteiger partial charge in [0.05, 0.1) is 18.2 Å². The van der Waals surface area contributed by atoms with Gasteiger partial charge in [-0.1, -0.05) is 30.3 Å². The van der Waals surface area contributed by atoms with Gasteiger partial charge in [-0.15, -0.1) is 0 Å². The van der Waals surface area contributed by atoms with Gasteiger partial charge in [-0.2, -0.15) is 0 Å². The minimum atomic E-state index is -0.390. The van der Waals surface area contributed by atoms with Gasteiger partial charge in [0.2, 0.25) is 0 Å². The zero-order chi connectivity index (χ0) is 14.5. The van der Waals surface area contributed by atoms with E-state index in [1.54, 1.807) is 13.8 Å². The largest absolute Gasteiger partial charge is 0.463 e. The number of hydrogen-bond acceptors (Lipinski definition) is 3. The van der Waals surface area contributed by atoms with Crippen LogP contribution in [0.25, 0.3) is 0 Å². The van der Waals surface area contributed by atoms with E-state index in [9.17, 15) is 9.59 Å². The van der Waals surface area contributed by atoms with Crippen molar-refractivity contribution in [3.63, 3.8) is 0 Å². The zero-order valence-electron chi connectivity index (χ0n) is 11.6. The number of nitrogens with one attached hydrogen (secondary N) is 2. The molecule has 1 heterocycles. The molecule has 0 spiro atoms. The molecule has 0 aromatic heterocycles. The molecule has 106 valence electrons. The van der Waals surface area contributed by atoms with Crippen LogP contribution in [0.5, 0.6) is 0 Å². The van der Waals surface area contributed by atoms with Crippen molar-refractivity contribution in [2.45, 2.75) is 26.3 Å². The van der Waals surface area contributed by atoms with Gasteiger partial charge in [-0.25, -0.2) is 9.59 Å². The highest BCUT2D eigenvalue weighted by molar-refractivity contribution is 5.94. The van der Waals surface area contributed by atoms with Crippen LogP contribution < -0.4 is 10.6 Å². The highest BCUT2D eigenvalue weighted by Gasteiger charge is 2.30. The second-order valence-electron chi connectivity index (χ2n) is 4.60. The number of ether oxygens (including phenoxy) is 1. The maximum Gasteiger partial charge on any atom is 0.337 e. The van der Waals surface area contributed by atoms with E-state index in [-0.39, 0.29) is 12.1 Å². The predicted molar refractivity (Wildman–Crippen MR) is 74.9 cm³/mol. The van der Waals surface area contributed by atoms with Gasteiger partial charge < -0.3 is 15.4 Å². The van der Waals surface area contributed by atoms with Crippen LogP contribution in [0.15, 0.2) is 41.6 Å². The molecule has 2 rings (SSSR count). The van der Waals surface area contributed by atoms with E-state index < -0.39 is 5.97 Å². The molecule has 0 radical (unpaired) electrons. The molecule has 1 aromatic rings. The molecule has 1 aliphatic rings. The Bertz CT molecular complexity index is 537. The third kappa shape index (κ3) is 3.17. The summed E-state index contributed by atoms with van der Waals surface area (Å²) in [6, 6.07) is 9.05. The number of amides is 2. The summed E-state index contributed by atoms with van der Waals surface area (Å²) in [5.41, 5.74) is 2.08. The van der Waals surface area contributed by atoms with Crippen LogP contribution in [0.3, 0.4) is 0 Å². The average molecular weight is 274 g/mol. The molecule has 20 heavy (non-hydrogen) atoms. The van der Waals surface area contributed by atoms with Crippen LogP contribution >= 0.6 is 0 Å². The SMILES string of the molecule is CCOC(=O)C1=C(C)NC(=O)NC1Cc1ccccc1. The first kappa shape index (κ1) is 14.1. The number of esters is 1. The van der Waals surface area contributed by atoms with Crippen molar-refractivity contribution in [2.24, 2.45) is 0 Å². The Balaban J connectivity index is 2.25. The molecule has 5 heteroatoms. The summed E-state index contributed by atoms with van der Waals surface area (Å²) in [5, 5.41) is 5.39. The predicted octanol–water partition coefficient (Wildman–Crippen LogP) is 1.75. The Morgan fingerprint density at radius 1 is 1.30 bits per heavy atom.